The Morgan fingerprint density at radius 2 is 1.39 bits per heavy atom. The summed E-state index contributed by atoms with van der Waals surface area (Å²) >= 11 is 0. The van der Waals surface area contributed by atoms with E-state index < -0.39 is 30.7 Å². The third-order valence-electron chi connectivity index (χ3n) is 5.77. The van der Waals surface area contributed by atoms with E-state index in [2.05, 4.69) is 0 Å². The van der Waals surface area contributed by atoms with Gasteiger partial charge in [0.15, 0.2) is 12.4 Å². The summed E-state index contributed by atoms with van der Waals surface area (Å²) in [5, 5.41) is 31.3. The van der Waals surface area contributed by atoms with E-state index in [1.807, 2.05) is 18.2 Å². The molecule has 4 rings (SSSR count). The topological polar surface area (TPSA) is 97.6 Å². The van der Waals surface area contributed by atoms with E-state index in [4.69, 9.17) is 18.9 Å². The van der Waals surface area contributed by atoms with Crippen LogP contribution in [0, 0.1) is 0 Å². The van der Waals surface area contributed by atoms with Crippen LogP contribution in [0.2, 0.25) is 0 Å². The summed E-state index contributed by atoms with van der Waals surface area (Å²) in [6.45, 7) is -0.0147. The molecular formula is C24H30O7. The van der Waals surface area contributed by atoms with E-state index in [9.17, 15) is 15.3 Å². The molecule has 3 N–H and O–H groups in total. The van der Waals surface area contributed by atoms with Crippen molar-refractivity contribution in [3.63, 3.8) is 0 Å². The number of hydrogen-bond acceptors (Lipinski definition) is 7. The van der Waals surface area contributed by atoms with E-state index in [1.165, 1.54) is 19.3 Å². The Bertz CT molecular complexity index is 791. The van der Waals surface area contributed by atoms with Gasteiger partial charge in [-0.2, -0.15) is 0 Å². The van der Waals surface area contributed by atoms with Crippen molar-refractivity contribution < 1.29 is 34.3 Å². The van der Waals surface area contributed by atoms with Crippen molar-refractivity contribution >= 4 is 0 Å². The zero-order chi connectivity index (χ0) is 21.6. The van der Waals surface area contributed by atoms with E-state index in [-0.39, 0.29) is 12.7 Å². The fraction of sp³-hybridized carbons (Fsp3) is 0.500. The van der Waals surface area contributed by atoms with E-state index in [0.717, 1.165) is 18.6 Å². The fourth-order valence-electron chi connectivity index (χ4n) is 4.01. The standard InChI is InChI=1S/C24H30O7/c25-21-20(15-28-16-7-3-1-4-8-16)31-24(27)23(22(21)26)30-19-13-11-18(12-14-19)29-17-9-5-2-6-10-17/h1,3-4,7-8,11-14,17,20-27H,2,5-6,9-10,15H2/t20-,21-,22+,23-,24-/m1/s1. The Hall–Kier alpha value is -2.32. The van der Waals surface area contributed by atoms with Crippen LogP contribution in [0.25, 0.3) is 0 Å². The van der Waals surface area contributed by atoms with E-state index >= 15 is 0 Å². The fourth-order valence-corrected chi connectivity index (χ4v) is 4.01. The molecule has 0 amide bonds. The van der Waals surface area contributed by atoms with Crippen molar-refractivity contribution in [1.29, 1.82) is 0 Å². The van der Waals surface area contributed by atoms with E-state index in [1.54, 1.807) is 36.4 Å². The quantitative estimate of drug-likeness (QED) is 0.621. The van der Waals surface area contributed by atoms with Crippen LogP contribution in [-0.4, -0.2) is 58.7 Å². The third kappa shape index (κ3) is 5.68. The van der Waals surface area contributed by atoms with Gasteiger partial charge in [0.05, 0.1) is 6.10 Å². The van der Waals surface area contributed by atoms with Gasteiger partial charge in [-0.25, -0.2) is 0 Å². The van der Waals surface area contributed by atoms with Gasteiger partial charge in [0.25, 0.3) is 0 Å². The molecule has 0 unspecified atom stereocenters. The molecule has 1 saturated heterocycles. The SMILES string of the molecule is O[C@H]1[C@H](O)[C@@H](COc2ccccc2)O[C@@H](O)[C@@H]1Oc1ccc(OC2CCCCC2)cc1. The molecule has 2 aromatic carbocycles. The molecule has 1 saturated carbocycles. The van der Waals surface area contributed by atoms with E-state index in [0.29, 0.717) is 11.5 Å². The molecule has 7 heteroatoms. The summed E-state index contributed by atoms with van der Waals surface area (Å²) in [6.07, 6.45) is 0.00752. The van der Waals surface area contributed by atoms with Crippen LogP contribution in [0.1, 0.15) is 32.1 Å². The van der Waals surface area contributed by atoms with Gasteiger partial charge in [0.2, 0.25) is 0 Å². The third-order valence-corrected chi connectivity index (χ3v) is 5.77. The van der Waals surface area contributed by atoms with Gasteiger partial charge in [-0.05, 0) is 62.1 Å². The monoisotopic (exact) mass is 430 g/mol. The molecular weight excluding hydrogens is 400 g/mol. The Morgan fingerprint density at radius 3 is 2.06 bits per heavy atom. The average Bonchev–Trinajstić information content (AvgIpc) is 2.81. The lowest BCUT2D eigenvalue weighted by Gasteiger charge is -2.40. The van der Waals surface area contributed by atoms with Crippen molar-refractivity contribution in [3.8, 4) is 17.2 Å². The van der Waals surface area contributed by atoms with Crippen LogP contribution in [0.5, 0.6) is 17.2 Å². The predicted octanol–water partition coefficient (Wildman–Crippen LogP) is 2.66. The molecule has 0 aromatic heterocycles. The van der Waals surface area contributed by atoms with Gasteiger partial charge in [0.1, 0.15) is 42.2 Å². The number of aliphatic hydroxyl groups excluding tert-OH is 3. The minimum absolute atomic E-state index is 0.0147. The maximum Gasteiger partial charge on any atom is 0.195 e. The van der Waals surface area contributed by atoms with Crippen molar-refractivity contribution in [2.75, 3.05) is 6.61 Å². The summed E-state index contributed by atoms with van der Waals surface area (Å²) in [6, 6.07) is 16.1. The first kappa shape index (κ1) is 21.9. The number of ether oxygens (including phenoxy) is 4. The van der Waals surface area contributed by atoms with Crippen LogP contribution in [0.3, 0.4) is 0 Å². The zero-order valence-electron chi connectivity index (χ0n) is 17.4. The van der Waals surface area contributed by atoms with Gasteiger partial charge in [-0.1, -0.05) is 24.6 Å². The lowest BCUT2D eigenvalue weighted by Crippen LogP contribution is -2.60. The van der Waals surface area contributed by atoms with Crippen molar-refractivity contribution in [1.82, 2.24) is 0 Å². The molecule has 0 bridgehead atoms. The van der Waals surface area contributed by atoms with Crippen LogP contribution < -0.4 is 14.2 Å². The average molecular weight is 430 g/mol. The highest BCUT2D eigenvalue weighted by atomic mass is 16.7. The second-order valence-electron chi connectivity index (χ2n) is 8.10. The Morgan fingerprint density at radius 1 is 0.742 bits per heavy atom. The number of hydrogen-bond donors (Lipinski definition) is 3. The summed E-state index contributed by atoms with van der Waals surface area (Å²) in [5.41, 5.74) is 0. The Labute approximate surface area is 182 Å². The Balaban J connectivity index is 1.31. The maximum atomic E-state index is 10.5. The molecule has 1 aliphatic carbocycles. The number of para-hydroxylation sites is 1. The highest BCUT2D eigenvalue weighted by Gasteiger charge is 2.45. The van der Waals surface area contributed by atoms with Gasteiger partial charge in [-0.3, -0.25) is 0 Å². The molecule has 2 aliphatic rings. The van der Waals surface area contributed by atoms with Gasteiger partial charge in [0, 0.05) is 0 Å². The normalized spacial score (nSPS) is 29.3. The largest absolute Gasteiger partial charge is 0.491 e. The molecule has 5 atom stereocenters. The summed E-state index contributed by atoms with van der Waals surface area (Å²) in [4.78, 5) is 0. The number of benzene rings is 2. The highest BCUT2D eigenvalue weighted by molar-refractivity contribution is 5.31. The molecule has 1 heterocycles. The molecule has 7 nitrogen and oxygen atoms in total. The molecule has 2 fully saturated rings. The Kier molecular flexibility index (Phi) is 7.29. The smallest absolute Gasteiger partial charge is 0.195 e. The number of aliphatic hydroxyl groups is 3. The summed E-state index contributed by atoms with van der Waals surface area (Å²) < 4.78 is 22.8. The molecule has 168 valence electrons. The first-order valence-electron chi connectivity index (χ1n) is 10.9. The molecule has 1 aliphatic heterocycles. The van der Waals surface area contributed by atoms with Crippen molar-refractivity contribution in [3.05, 3.63) is 54.6 Å². The van der Waals surface area contributed by atoms with Crippen LogP contribution in [-0.2, 0) is 4.74 Å². The van der Waals surface area contributed by atoms with Gasteiger partial charge in [-0.15, -0.1) is 0 Å². The van der Waals surface area contributed by atoms with Crippen LogP contribution in [0.4, 0.5) is 0 Å². The molecule has 31 heavy (non-hydrogen) atoms. The van der Waals surface area contributed by atoms with Crippen molar-refractivity contribution in [2.24, 2.45) is 0 Å². The van der Waals surface area contributed by atoms with Crippen LogP contribution >= 0.6 is 0 Å². The minimum Gasteiger partial charge on any atom is -0.491 e. The second-order valence-corrected chi connectivity index (χ2v) is 8.10. The van der Waals surface area contributed by atoms with Crippen molar-refractivity contribution in [2.45, 2.75) is 68.9 Å². The molecule has 0 spiro atoms. The lowest BCUT2D eigenvalue weighted by molar-refractivity contribution is -0.279. The zero-order valence-corrected chi connectivity index (χ0v) is 17.4. The number of rotatable bonds is 7. The lowest BCUT2D eigenvalue weighted by atomic mass is 9.98. The minimum atomic E-state index is -1.42. The van der Waals surface area contributed by atoms with Gasteiger partial charge >= 0.3 is 0 Å². The second kappa shape index (κ2) is 10.3. The highest BCUT2D eigenvalue weighted by Crippen LogP contribution is 2.28. The predicted molar refractivity (Wildman–Crippen MR) is 113 cm³/mol. The first-order chi connectivity index (χ1) is 15.1. The molecule has 2 aromatic rings. The molecule has 0 radical (unpaired) electrons. The maximum absolute atomic E-state index is 10.5. The summed E-state index contributed by atoms with van der Waals surface area (Å²) in [5.74, 6) is 1.81. The van der Waals surface area contributed by atoms with Crippen LogP contribution in [0.15, 0.2) is 54.6 Å². The van der Waals surface area contributed by atoms with Gasteiger partial charge < -0.3 is 34.3 Å². The summed E-state index contributed by atoms with van der Waals surface area (Å²) in [7, 11) is 0. The first-order valence-corrected chi connectivity index (χ1v) is 10.9.